The number of aryl methyl sites for hydroxylation is 1. The summed E-state index contributed by atoms with van der Waals surface area (Å²) in [5, 5.41) is 0. The predicted octanol–water partition coefficient (Wildman–Crippen LogP) is 4.53. The molecule has 0 radical (unpaired) electrons. The van der Waals surface area contributed by atoms with Gasteiger partial charge >= 0.3 is 6.01 Å². The zero-order valence-corrected chi connectivity index (χ0v) is 21.0. The molecule has 3 fully saturated rings. The highest BCUT2D eigenvalue weighted by Crippen LogP contribution is 2.31. The summed E-state index contributed by atoms with van der Waals surface area (Å²) < 4.78 is 42.6. The van der Waals surface area contributed by atoms with E-state index in [4.69, 9.17) is 14.5 Å². The number of piperidine rings is 3. The van der Waals surface area contributed by atoms with Gasteiger partial charge in [0.15, 0.2) is 5.65 Å². The lowest BCUT2D eigenvalue weighted by atomic mass is 9.86. The second-order valence-corrected chi connectivity index (χ2v) is 9.94. The van der Waals surface area contributed by atoms with Gasteiger partial charge in [-0.3, -0.25) is 4.90 Å². The van der Waals surface area contributed by atoms with Gasteiger partial charge in [0.25, 0.3) is 0 Å². The van der Waals surface area contributed by atoms with Crippen molar-refractivity contribution in [2.24, 2.45) is 5.92 Å². The number of fused-ring (bicyclic) bond motifs is 4. The lowest BCUT2D eigenvalue weighted by Crippen LogP contribution is -2.52. The number of halogens is 2. The number of aromatic nitrogens is 4. The Morgan fingerprint density at radius 2 is 1.86 bits per heavy atom. The first-order valence-corrected chi connectivity index (χ1v) is 12.7. The van der Waals surface area contributed by atoms with Crippen LogP contribution in [-0.4, -0.2) is 57.3 Å². The van der Waals surface area contributed by atoms with Crippen LogP contribution in [0.15, 0.2) is 42.5 Å². The van der Waals surface area contributed by atoms with Crippen LogP contribution >= 0.6 is 0 Å². The minimum absolute atomic E-state index is 0.107. The Balaban J connectivity index is 1.32. The Hall–Kier alpha value is -3.59. The zero-order valence-electron chi connectivity index (χ0n) is 21.0. The molecular formula is C28H29F2N5O2. The quantitative estimate of drug-likeness (QED) is 0.368. The van der Waals surface area contributed by atoms with E-state index in [1.807, 2.05) is 23.6 Å². The molecule has 3 saturated heterocycles. The Bertz CT molecular complexity index is 1450. The first-order chi connectivity index (χ1) is 18.0. The average molecular weight is 506 g/mol. The van der Waals surface area contributed by atoms with E-state index in [9.17, 15) is 4.39 Å². The van der Waals surface area contributed by atoms with Gasteiger partial charge in [-0.05, 0) is 62.5 Å². The summed E-state index contributed by atoms with van der Waals surface area (Å²) in [6, 6.07) is 11.7. The number of imidazole rings is 1. The van der Waals surface area contributed by atoms with Crippen molar-refractivity contribution in [1.29, 1.82) is 0 Å². The number of ether oxygens (including phenoxy) is 2. The highest BCUT2D eigenvalue weighted by atomic mass is 19.1. The summed E-state index contributed by atoms with van der Waals surface area (Å²) >= 11 is 0. The Morgan fingerprint density at radius 3 is 2.57 bits per heavy atom. The summed E-state index contributed by atoms with van der Waals surface area (Å²) in [4.78, 5) is 16.0. The number of hydrogen-bond donors (Lipinski definition) is 0. The van der Waals surface area contributed by atoms with E-state index in [1.165, 1.54) is 25.3 Å². The van der Waals surface area contributed by atoms with Gasteiger partial charge in [-0.25, -0.2) is 13.8 Å². The highest BCUT2D eigenvalue weighted by molar-refractivity contribution is 5.74. The predicted molar refractivity (Wildman–Crippen MR) is 135 cm³/mol. The fourth-order valence-corrected chi connectivity index (χ4v) is 5.50. The molecule has 3 aliphatic rings. The number of methoxy groups -OCH3 is 1. The van der Waals surface area contributed by atoms with Crippen molar-refractivity contribution < 1.29 is 18.3 Å². The van der Waals surface area contributed by atoms with Gasteiger partial charge < -0.3 is 14.0 Å². The molecule has 4 aromatic rings. The monoisotopic (exact) mass is 505 g/mol. The molecule has 0 unspecified atom stereocenters. The molecule has 9 heteroatoms. The van der Waals surface area contributed by atoms with E-state index in [0.29, 0.717) is 46.3 Å². The lowest BCUT2D eigenvalue weighted by molar-refractivity contribution is -0.00789. The van der Waals surface area contributed by atoms with Gasteiger partial charge in [-0.2, -0.15) is 9.97 Å². The first-order valence-electron chi connectivity index (χ1n) is 12.7. The third-order valence-electron chi connectivity index (χ3n) is 7.50. The molecule has 2 aromatic carbocycles. The molecule has 0 aliphatic carbocycles. The molecule has 0 saturated carbocycles. The number of nitrogens with zero attached hydrogens (tertiary/aromatic N) is 5. The van der Waals surface area contributed by atoms with Crippen LogP contribution < -0.4 is 9.47 Å². The van der Waals surface area contributed by atoms with Crippen LogP contribution in [0.4, 0.5) is 8.78 Å². The number of hydrogen-bond acceptors (Lipinski definition) is 6. The molecule has 0 spiro atoms. The lowest BCUT2D eigenvalue weighted by Gasteiger charge is -2.44. The summed E-state index contributed by atoms with van der Waals surface area (Å²) in [6.07, 6.45) is 2.74. The molecule has 192 valence electrons. The largest absolute Gasteiger partial charge is 0.489 e. The SMILES string of the molecule is COc1nc(C)c2nc(Cc3cccc(F)c3)n(Cc3ccc(O[C@@H]4CN5CCC4CC5)cc3F)c2n1. The van der Waals surface area contributed by atoms with E-state index in [1.54, 1.807) is 12.1 Å². The molecule has 0 amide bonds. The molecule has 5 heterocycles. The number of rotatable bonds is 7. The van der Waals surface area contributed by atoms with Crippen molar-refractivity contribution in [3.05, 3.63) is 76.7 Å². The third-order valence-corrected chi connectivity index (χ3v) is 7.50. The molecule has 0 N–H and O–H groups in total. The van der Waals surface area contributed by atoms with Crippen LogP contribution in [0.25, 0.3) is 11.2 Å². The van der Waals surface area contributed by atoms with E-state index in [2.05, 4.69) is 14.9 Å². The van der Waals surface area contributed by atoms with Crippen molar-refractivity contribution in [3.8, 4) is 11.8 Å². The van der Waals surface area contributed by atoms with E-state index in [-0.39, 0.29) is 30.3 Å². The summed E-state index contributed by atoms with van der Waals surface area (Å²) in [6.45, 7) is 5.19. The Kier molecular flexibility index (Phi) is 6.24. The van der Waals surface area contributed by atoms with Crippen molar-refractivity contribution >= 4 is 11.2 Å². The van der Waals surface area contributed by atoms with Gasteiger partial charge in [0, 0.05) is 24.6 Å². The van der Waals surface area contributed by atoms with Crippen molar-refractivity contribution in [1.82, 2.24) is 24.4 Å². The smallest absolute Gasteiger partial charge is 0.318 e. The van der Waals surface area contributed by atoms with Crippen LogP contribution in [0.3, 0.4) is 0 Å². The van der Waals surface area contributed by atoms with Crippen molar-refractivity contribution in [2.45, 2.75) is 38.8 Å². The van der Waals surface area contributed by atoms with Crippen LogP contribution in [0, 0.1) is 24.5 Å². The Labute approximate surface area is 214 Å². The second-order valence-electron chi connectivity index (χ2n) is 9.94. The first kappa shape index (κ1) is 23.8. The topological polar surface area (TPSA) is 65.3 Å². The maximum atomic E-state index is 15.4. The minimum Gasteiger partial charge on any atom is -0.489 e. The molecule has 37 heavy (non-hydrogen) atoms. The normalized spacial score (nSPS) is 20.9. The third kappa shape index (κ3) is 4.75. The fraction of sp³-hybridized carbons (Fsp3) is 0.393. The summed E-state index contributed by atoms with van der Waals surface area (Å²) in [5.74, 6) is 1.06. The molecule has 2 bridgehead atoms. The highest BCUT2D eigenvalue weighted by Gasteiger charge is 2.35. The molecular weight excluding hydrogens is 476 g/mol. The number of benzene rings is 2. The standard InChI is InChI=1S/C28H29F2N5O2/c1-17-26-27(33-28(31-17)36-2)35(25(32-26)13-18-4-3-5-21(29)12-18)15-20-6-7-22(14-23(20)30)37-24-16-34-10-8-19(24)9-11-34/h3-7,12,14,19,24H,8-11,13,15-16H2,1-2H3/t24-/m1/s1. The Morgan fingerprint density at radius 1 is 1.03 bits per heavy atom. The van der Waals surface area contributed by atoms with Gasteiger partial charge in [0.2, 0.25) is 0 Å². The molecule has 3 aliphatic heterocycles. The second kappa shape index (κ2) is 9.70. The molecule has 1 atom stereocenters. The fourth-order valence-electron chi connectivity index (χ4n) is 5.50. The van der Waals surface area contributed by atoms with Crippen LogP contribution in [0.5, 0.6) is 11.8 Å². The van der Waals surface area contributed by atoms with Crippen LogP contribution in [0.1, 0.15) is 35.5 Å². The van der Waals surface area contributed by atoms with Crippen molar-refractivity contribution in [2.75, 3.05) is 26.7 Å². The maximum absolute atomic E-state index is 15.4. The van der Waals surface area contributed by atoms with Crippen molar-refractivity contribution in [3.63, 3.8) is 0 Å². The van der Waals surface area contributed by atoms with E-state index < -0.39 is 0 Å². The van der Waals surface area contributed by atoms with Crippen LogP contribution in [0.2, 0.25) is 0 Å². The minimum atomic E-state index is -0.352. The maximum Gasteiger partial charge on any atom is 0.318 e. The van der Waals surface area contributed by atoms with Gasteiger partial charge in [-0.15, -0.1) is 0 Å². The summed E-state index contributed by atoms with van der Waals surface area (Å²) in [5.41, 5.74) is 3.05. The van der Waals surface area contributed by atoms with Gasteiger partial charge in [0.1, 0.15) is 34.8 Å². The van der Waals surface area contributed by atoms with E-state index in [0.717, 1.165) is 38.0 Å². The zero-order chi connectivity index (χ0) is 25.5. The van der Waals surface area contributed by atoms with Gasteiger partial charge in [0.05, 0.1) is 19.3 Å². The summed E-state index contributed by atoms with van der Waals surface area (Å²) in [7, 11) is 1.50. The van der Waals surface area contributed by atoms with Gasteiger partial charge in [-0.1, -0.05) is 18.2 Å². The van der Waals surface area contributed by atoms with Crippen LogP contribution in [-0.2, 0) is 13.0 Å². The molecule has 7 nitrogen and oxygen atoms in total. The molecule has 2 aromatic heterocycles. The van der Waals surface area contributed by atoms with E-state index >= 15 is 4.39 Å². The average Bonchev–Trinajstić information content (AvgIpc) is 3.23. The molecule has 7 rings (SSSR count).